The maximum atomic E-state index is 13.4. The van der Waals surface area contributed by atoms with E-state index in [1.165, 1.54) is 23.5 Å². The molecule has 0 aliphatic carbocycles. The van der Waals surface area contributed by atoms with Gasteiger partial charge in [0.2, 0.25) is 5.91 Å². The van der Waals surface area contributed by atoms with Crippen LogP contribution in [0, 0.1) is 0 Å². The molecule has 0 unspecified atom stereocenters. The van der Waals surface area contributed by atoms with Crippen LogP contribution in [-0.4, -0.2) is 37.2 Å². The fraction of sp³-hybridized carbons (Fsp3) is 0.208. The van der Waals surface area contributed by atoms with Crippen LogP contribution in [0.3, 0.4) is 0 Å². The number of rotatable bonds is 8. The minimum absolute atomic E-state index is 0.116. The summed E-state index contributed by atoms with van der Waals surface area (Å²) in [5.74, 6) is 0.617. The van der Waals surface area contributed by atoms with Gasteiger partial charge in [0, 0.05) is 18.6 Å². The Hall–Kier alpha value is -3.30. The molecule has 2 aromatic carbocycles. The van der Waals surface area contributed by atoms with Crippen LogP contribution < -0.4 is 9.64 Å². The van der Waals surface area contributed by atoms with Crippen LogP contribution >= 0.6 is 11.3 Å². The van der Waals surface area contributed by atoms with Crippen molar-refractivity contribution in [2.24, 2.45) is 0 Å². The van der Waals surface area contributed by atoms with Gasteiger partial charge in [0.05, 0.1) is 34.7 Å². The third-order valence-corrected chi connectivity index (χ3v) is 7.13. The summed E-state index contributed by atoms with van der Waals surface area (Å²) in [6.07, 6.45) is 4.69. The lowest BCUT2D eigenvalue weighted by atomic mass is 10.1. The van der Waals surface area contributed by atoms with Gasteiger partial charge in [-0.2, -0.15) is 0 Å². The molecule has 0 radical (unpaired) electrons. The number of carbonyl (C=O) groups is 1. The first-order valence-electron chi connectivity index (χ1n) is 10.3. The van der Waals surface area contributed by atoms with E-state index in [9.17, 15) is 13.2 Å². The summed E-state index contributed by atoms with van der Waals surface area (Å²) in [6.45, 7) is 2.83. The molecule has 170 valence electrons. The Morgan fingerprint density at radius 2 is 1.88 bits per heavy atom. The number of amides is 1. The molecule has 4 rings (SSSR count). The number of fused-ring (bicyclic) bond motifs is 1. The highest BCUT2D eigenvalue weighted by atomic mass is 32.2. The molecule has 0 atom stereocenters. The summed E-state index contributed by atoms with van der Waals surface area (Å²) in [5.41, 5.74) is 2.40. The van der Waals surface area contributed by atoms with Gasteiger partial charge in [-0.3, -0.25) is 14.7 Å². The van der Waals surface area contributed by atoms with Crippen molar-refractivity contribution in [2.45, 2.75) is 24.8 Å². The predicted octanol–water partition coefficient (Wildman–Crippen LogP) is 4.27. The van der Waals surface area contributed by atoms with Gasteiger partial charge in [0.25, 0.3) is 0 Å². The molecule has 0 aliphatic rings. The van der Waals surface area contributed by atoms with Crippen LogP contribution in [0.5, 0.6) is 5.75 Å². The van der Waals surface area contributed by atoms with Crippen molar-refractivity contribution in [3.8, 4) is 5.75 Å². The molecule has 0 saturated heterocycles. The van der Waals surface area contributed by atoms with E-state index in [0.29, 0.717) is 18.3 Å². The van der Waals surface area contributed by atoms with Crippen molar-refractivity contribution in [3.63, 3.8) is 0 Å². The first-order chi connectivity index (χ1) is 15.8. The van der Waals surface area contributed by atoms with Crippen molar-refractivity contribution in [3.05, 3.63) is 78.1 Å². The number of nitrogens with zero attached hydrogens (tertiary/aromatic N) is 3. The lowest BCUT2D eigenvalue weighted by molar-refractivity contribution is -0.118. The summed E-state index contributed by atoms with van der Waals surface area (Å²) < 4.78 is 29.9. The van der Waals surface area contributed by atoms with E-state index in [0.717, 1.165) is 33.3 Å². The fourth-order valence-electron chi connectivity index (χ4n) is 3.33. The number of aromatic nitrogens is 2. The first-order valence-corrected chi connectivity index (χ1v) is 13.1. The predicted molar refractivity (Wildman–Crippen MR) is 129 cm³/mol. The van der Waals surface area contributed by atoms with Crippen LogP contribution in [0.25, 0.3) is 10.2 Å². The lowest BCUT2D eigenvalue weighted by Gasteiger charge is -2.20. The van der Waals surface area contributed by atoms with Gasteiger partial charge < -0.3 is 4.74 Å². The second kappa shape index (κ2) is 9.68. The standard InChI is InChI=1S/C24H23N3O4S2/c1-3-31-19-8-11-21-22(14-19)32-24(26-21)27(16-18-5-4-12-25-15-18)23(28)13-17-6-9-20(10-7-17)33(2,29)30/h4-12,14-15H,3,13,16H2,1-2H3. The normalized spacial score (nSPS) is 11.5. The summed E-state index contributed by atoms with van der Waals surface area (Å²) in [5, 5.41) is 0.584. The van der Waals surface area contributed by atoms with Gasteiger partial charge in [0.15, 0.2) is 15.0 Å². The van der Waals surface area contributed by atoms with Crippen LogP contribution in [0.4, 0.5) is 5.13 Å². The molecule has 0 fully saturated rings. The minimum Gasteiger partial charge on any atom is -0.494 e. The second-order valence-corrected chi connectivity index (χ2v) is 10.5. The SMILES string of the molecule is CCOc1ccc2nc(N(Cc3cccnc3)C(=O)Cc3ccc(S(C)(=O)=O)cc3)sc2c1. The summed E-state index contributed by atoms with van der Waals surface area (Å²) >= 11 is 1.42. The minimum atomic E-state index is -3.29. The summed E-state index contributed by atoms with van der Waals surface area (Å²) in [4.78, 5) is 24.1. The molecule has 33 heavy (non-hydrogen) atoms. The topological polar surface area (TPSA) is 89.5 Å². The number of pyridine rings is 1. The third-order valence-electron chi connectivity index (χ3n) is 4.96. The number of ether oxygens (including phenoxy) is 1. The summed E-state index contributed by atoms with van der Waals surface area (Å²) in [6, 6.07) is 15.8. The van der Waals surface area contributed by atoms with Gasteiger partial charge >= 0.3 is 0 Å². The van der Waals surface area contributed by atoms with Crippen LogP contribution in [0.2, 0.25) is 0 Å². The van der Waals surface area contributed by atoms with Crippen molar-refractivity contribution >= 4 is 42.4 Å². The molecule has 0 bridgehead atoms. The fourth-order valence-corrected chi connectivity index (χ4v) is 4.97. The van der Waals surface area contributed by atoms with Crippen LogP contribution in [-0.2, 0) is 27.6 Å². The number of benzene rings is 2. The average Bonchev–Trinajstić information content (AvgIpc) is 3.21. The smallest absolute Gasteiger partial charge is 0.233 e. The molecule has 0 N–H and O–H groups in total. The monoisotopic (exact) mass is 481 g/mol. The zero-order valence-electron chi connectivity index (χ0n) is 18.3. The average molecular weight is 482 g/mol. The maximum Gasteiger partial charge on any atom is 0.233 e. The third kappa shape index (κ3) is 5.55. The summed E-state index contributed by atoms with van der Waals surface area (Å²) in [7, 11) is -3.29. The van der Waals surface area contributed by atoms with E-state index < -0.39 is 9.84 Å². The highest BCUT2D eigenvalue weighted by Crippen LogP contribution is 2.32. The highest BCUT2D eigenvalue weighted by molar-refractivity contribution is 7.90. The Labute approximate surface area is 196 Å². The molecule has 0 aliphatic heterocycles. The molecule has 0 saturated carbocycles. The van der Waals surface area contributed by atoms with Crippen molar-refractivity contribution in [1.29, 1.82) is 0 Å². The molecule has 4 aromatic rings. The molecule has 7 nitrogen and oxygen atoms in total. The van der Waals surface area contributed by atoms with E-state index in [2.05, 4.69) is 9.97 Å². The highest BCUT2D eigenvalue weighted by Gasteiger charge is 2.21. The molecular formula is C24H23N3O4S2. The number of carbonyl (C=O) groups excluding carboxylic acids is 1. The van der Waals surface area contributed by atoms with E-state index in [4.69, 9.17) is 4.74 Å². The van der Waals surface area contributed by atoms with Crippen LogP contribution in [0.15, 0.2) is 71.9 Å². The largest absolute Gasteiger partial charge is 0.494 e. The molecular weight excluding hydrogens is 458 g/mol. The molecule has 2 heterocycles. The zero-order valence-corrected chi connectivity index (χ0v) is 19.9. The number of anilines is 1. The lowest BCUT2D eigenvalue weighted by Crippen LogP contribution is -2.31. The van der Waals surface area contributed by atoms with Gasteiger partial charge in [-0.25, -0.2) is 13.4 Å². The van der Waals surface area contributed by atoms with Gasteiger partial charge in [-0.1, -0.05) is 29.5 Å². The van der Waals surface area contributed by atoms with E-state index in [1.807, 2.05) is 37.3 Å². The van der Waals surface area contributed by atoms with Crippen molar-refractivity contribution in [1.82, 2.24) is 9.97 Å². The Bertz CT molecular complexity index is 1370. The molecule has 0 spiro atoms. The van der Waals surface area contributed by atoms with E-state index in [1.54, 1.807) is 29.4 Å². The number of hydrogen-bond donors (Lipinski definition) is 0. The first kappa shape index (κ1) is 22.9. The molecule has 1 amide bonds. The van der Waals surface area contributed by atoms with Crippen molar-refractivity contribution in [2.75, 3.05) is 17.8 Å². The zero-order chi connectivity index (χ0) is 23.4. The Morgan fingerprint density at radius 1 is 1.09 bits per heavy atom. The maximum absolute atomic E-state index is 13.4. The Balaban J connectivity index is 1.64. The molecule has 2 aromatic heterocycles. The van der Waals surface area contributed by atoms with Gasteiger partial charge in [0.1, 0.15) is 5.75 Å². The number of hydrogen-bond acceptors (Lipinski definition) is 7. The molecule has 9 heteroatoms. The van der Waals surface area contributed by atoms with Gasteiger partial charge in [-0.15, -0.1) is 0 Å². The van der Waals surface area contributed by atoms with Crippen molar-refractivity contribution < 1.29 is 17.9 Å². The van der Waals surface area contributed by atoms with E-state index >= 15 is 0 Å². The Kier molecular flexibility index (Phi) is 6.71. The quantitative estimate of drug-likeness (QED) is 0.373. The van der Waals surface area contributed by atoms with Gasteiger partial charge in [-0.05, 0) is 54.4 Å². The number of sulfone groups is 1. The van der Waals surface area contributed by atoms with E-state index in [-0.39, 0.29) is 17.2 Å². The number of thiazole rings is 1. The Morgan fingerprint density at radius 3 is 2.55 bits per heavy atom. The van der Waals surface area contributed by atoms with Crippen LogP contribution in [0.1, 0.15) is 18.1 Å². The second-order valence-electron chi connectivity index (χ2n) is 7.49.